The Hall–Kier alpha value is -2.47. The van der Waals surface area contributed by atoms with E-state index in [-0.39, 0.29) is 11.1 Å². The van der Waals surface area contributed by atoms with Gasteiger partial charge in [0.1, 0.15) is 17.5 Å². The topological polar surface area (TPSA) is 82.2 Å². The average molecular weight is 318 g/mol. The predicted molar refractivity (Wildman–Crippen MR) is 84.7 cm³/mol. The van der Waals surface area contributed by atoms with E-state index in [1.165, 1.54) is 30.5 Å². The van der Waals surface area contributed by atoms with Crippen molar-refractivity contribution in [2.45, 2.75) is 32.4 Å². The SMILES string of the molecule is CCC(NC(=O)c1c[nH]c(C)cc1=O)C(O)c1ccccc1F. The van der Waals surface area contributed by atoms with Crippen LogP contribution in [0.1, 0.15) is 41.1 Å². The number of H-pyrrole nitrogens is 1. The Kier molecular flexibility index (Phi) is 5.28. The number of aromatic amines is 1. The minimum Gasteiger partial charge on any atom is -0.386 e. The summed E-state index contributed by atoms with van der Waals surface area (Å²) in [5, 5.41) is 12.9. The molecule has 0 aliphatic carbocycles. The van der Waals surface area contributed by atoms with Gasteiger partial charge in [-0.1, -0.05) is 25.1 Å². The van der Waals surface area contributed by atoms with E-state index < -0.39 is 29.3 Å². The van der Waals surface area contributed by atoms with Crippen LogP contribution < -0.4 is 10.7 Å². The van der Waals surface area contributed by atoms with Gasteiger partial charge in [-0.25, -0.2) is 4.39 Å². The number of amides is 1. The monoisotopic (exact) mass is 318 g/mol. The molecule has 122 valence electrons. The predicted octanol–water partition coefficient (Wildman–Crippen LogP) is 2.06. The summed E-state index contributed by atoms with van der Waals surface area (Å²) >= 11 is 0. The summed E-state index contributed by atoms with van der Waals surface area (Å²) in [6.45, 7) is 3.47. The minimum atomic E-state index is -1.20. The van der Waals surface area contributed by atoms with Gasteiger partial charge in [0.2, 0.25) is 0 Å². The van der Waals surface area contributed by atoms with Crippen molar-refractivity contribution >= 4 is 5.91 Å². The molecule has 2 atom stereocenters. The number of carbonyl (C=O) groups excluding carboxylic acids is 1. The number of hydrogen-bond acceptors (Lipinski definition) is 3. The fourth-order valence-electron chi connectivity index (χ4n) is 2.33. The normalized spacial score (nSPS) is 13.4. The van der Waals surface area contributed by atoms with Crippen LogP contribution in [0.4, 0.5) is 4.39 Å². The van der Waals surface area contributed by atoms with Crippen LogP contribution >= 0.6 is 0 Å². The highest BCUT2D eigenvalue weighted by molar-refractivity contribution is 5.94. The van der Waals surface area contributed by atoms with Gasteiger partial charge in [0, 0.05) is 23.5 Å². The molecule has 23 heavy (non-hydrogen) atoms. The first kappa shape index (κ1) is 16.9. The summed E-state index contributed by atoms with van der Waals surface area (Å²) < 4.78 is 13.8. The van der Waals surface area contributed by atoms with Crippen molar-refractivity contribution in [2.24, 2.45) is 0 Å². The Balaban J connectivity index is 2.20. The van der Waals surface area contributed by atoms with Crippen molar-refractivity contribution in [1.29, 1.82) is 0 Å². The number of aliphatic hydroxyl groups is 1. The molecule has 0 saturated carbocycles. The maximum absolute atomic E-state index is 13.8. The zero-order valence-electron chi connectivity index (χ0n) is 13.0. The molecule has 0 aliphatic rings. The Morgan fingerprint density at radius 1 is 1.39 bits per heavy atom. The second-order valence-corrected chi connectivity index (χ2v) is 5.35. The number of aliphatic hydroxyl groups excluding tert-OH is 1. The Bertz CT molecular complexity index is 757. The summed E-state index contributed by atoms with van der Waals surface area (Å²) in [5.74, 6) is -1.14. The van der Waals surface area contributed by atoms with E-state index in [0.29, 0.717) is 12.1 Å². The van der Waals surface area contributed by atoms with Gasteiger partial charge in [-0.3, -0.25) is 9.59 Å². The second-order valence-electron chi connectivity index (χ2n) is 5.35. The highest BCUT2D eigenvalue weighted by atomic mass is 19.1. The highest BCUT2D eigenvalue weighted by Crippen LogP contribution is 2.21. The lowest BCUT2D eigenvalue weighted by Crippen LogP contribution is -2.40. The Labute approximate surface area is 133 Å². The molecule has 0 fully saturated rings. The largest absolute Gasteiger partial charge is 0.386 e. The third-order valence-electron chi connectivity index (χ3n) is 3.66. The molecule has 1 heterocycles. The van der Waals surface area contributed by atoms with Crippen LogP contribution in [0.5, 0.6) is 0 Å². The van der Waals surface area contributed by atoms with Crippen molar-refractivity contribution in [2.75, 3.05) is 0 Å². The minimum absolute atomic E-state index is 0.0465. The molecular formula is C17H19FN2O3. The molecule has 1 aromatic carbocycles. The standard InChI is InChI=1S/C17H19FN2O3/c1-3-14(16(22)11-6-4-5-7-13(11)18)20-17(23)12-9-19-10(2)8-15(12)21/h4-9,14,16,22H,3H2,1-2H3,(H,19,21)(H,20,23). The van der Waals surface area contributed by atoms with Crippen molar-refractivity contribution in [1.82, 2.24) is 10.3 Å². The maximum Gasteiger partial charge on any atom is 0.257 e. The van der Waals surface area contributed by atoms with Crippen LogP contribution in [0.2, 0.25) is 0 Å². The first-order chi connectivity index (χ1) is 10.9. The average Bonchev–Trinajstić information content (AvgIpc) is 2.52. The van der Waals surface area contributed by atoms with E-state index in [0.717, 1.165) is 0 Å². The molecule has 0 saturated heterocycles. The molecule has 0 aliphatic heterocycles. The van der Waals surface area contributed by atoms with Gasteiger partial charge in [-0.2, -0.15) is 0 Å². The quantitative estimate of drug-likeness (QED) is 0.789. The third kappa shape index (κ3) is 3.84. The fraction of sp³-hybridized carbons (Fsp3) is 0.294. The van der Waals surface area contributed by atoms with Crippen LogP contribution in [0, 0.1) is 12.7 Å². The zero-order valence-corrected chi connectivity index (χ0v) is 13.0. The molecule has 2 rings (SSSR count). The Morgan fingerprint density at radius 3 is 2.70 bits per heavy atom. The van der Waals surface area contributed by atoms with Gasteiger partial charge in [0.15, 0.2) is 5.43 Å². The number of rotatable bonds is 5. The van der Waals surface area contributed by atoms with E-state index in [2.05, 4.69) is 10.3 Å². The molecule has 1 aromatic heterocycles. The summed E-state index contributed by atoms with van der Waals surface area (Å²) in [6.07, 6.45) is 0.509. The number of benzene rings is 1. The smallest absolute Gasteiger partial charge is 0.257 e. The summed E-state index contributed by atoms with van der Waals surface area (Å²) in [4.78, 5) is 26.9. The summed E-state index contributed by atoms with van der Waals surface area (Å²) in [5.41, 5.74) is 0.297. The number of aromatic nitrogens is 1. The van der Waals surface area contributed by atoms with E-state index in [9.17, 15) is 19.1 Å². The maximum atomic E-state index is 13.8. The molecule has 3 N–H and O–H groups in total. The van der Waals surface area contributed by atoms with E-state index >= 15 is 0 Å². The fourth-order valence-corrected chi connectivity index (χ4v) is 2.33. The molecule has 5 nitrogen and oxygen atoms in total. The summed E-state index contributed by atoms with van der Waals surface area (Å²) in [7, 11) is 0. The van der Waals surface area contributed by atoms with Crippen molar-refractivity contribution in [3.8, 4) is 0 Å². The Morgan fingerprint density at radius 2 is 2.09 bits per heavy atom. The number of halogens is 1. The molecule has 0 spiro atoms. The highest BCUT2D eigenvalue weighted by Gasteiger charge is 2.24. The van der Waals surface area contributed by atoms with E-state index in [1.54, 1.807) is 19.9 Å². The number of carbonyl (C=O) groups is 1. The lowest BCUT2D eigenvalue weighted by Gasteiger charge is -2.23. The van der Waals surface area contributed by atoms with Crippen LogP contribution in [-0.2, 0) is 0 Å². The molecule has 1 amide bonds. The van der Waals surface area contributed by atoms with Gasteiger partial charge in [-0.15, -0.1) is 0 Å². The van der Waals surface area contributed by atoms with Gasteiger partial charge in [0.25, 0.3) is 5.91 Å². The van der Waals surface area contributed by atoms with Crippen LogP contribution in [0.3, 0.4) is 0 Å². The van der Waals surface area contributed by atoms with Crippen LogP contribution in [-0.4, -0.2) is 22.0 Å². The van der Waals surface area contributed by atoms with Crippen molar-refractivity contribution in [3.05, 3.63) is 69.4 Å². The van der Waals surface area contributed by atoms with Crippen LogP contribution in [0.15, 0.2) is 41.3 Å². The lowest BCUT2D eigenvalue weighted by molar-refractivity contribution is 0.0818. The molecular weight excluding hydrogens is 299 g/mol. The first-order valence-corrected chi connectivity index (χ1v) is 7.36. The summed E-state index contributed by atoms with van der Waals surface area (Å²) in [6, 6.07) is 6.46. The third-order valence-corrected chi connectivity index (χ3v) is 3.66. The second kappa shape index (κ2) is 7.19. The van der Waals surface area contributed by atoms with Gasteiger partial charge < -0.3 is 15.4 Å². The van der Waals surface area contributed by atoms with Crippen molar-refractivity contribution < 1.29 is 14.3 Å². The van der Waals surface area contributed by atoms with Crippen molar-refractivity contribution in [3.63, 3.8) is 0 Å². The molecule has 2 unspecified atom stereocenters. The number of nitrogens with one attached hydrogen (secondary N) is 2. The van der Waals surface area contributed by atoms with Gasteiger partial charge >= 0.3 is 0 Å². The zero-order chi connectivity index (χ0) is 17.0. The molecule has 0 radical (unpaired) electrons. The molecule has 6 heteroatoms. The number of hydrogen-bond donors (Lipinski definition) is 3. The molecule has 2 aromatic rings. The molecule has 0 bridgehead atoms. The van der Waals surface area contributed by atoms with Gasteiger partial charge in [-0.05, 0) is 19.4 Å². The number of aryl methyl sites for hydroxylation is 1. The van der Waals surface area contributed by atoms with Gasteiger partial charge in [0.05, 0.1) is 6.04 Å². The number of pyridine rings is 1. The van der Waals surface area contributed by atoms with E-state index in [4.69, 9.17) is 0 Å². The van der Waals surface area contributed by atoms with Crippen LogP contribution in [0.25, 0.3) is 0 Å². The lowest BCUT2D eigenvalue weighted by atomic mass is 9.99. The van der Waals surface area contributed by atoms with E-state index in [1.807, 2.05) is 0 Å². The first-order valence-electron chi connectivity index (χ1n) is 7.36.